The van der Waals surface area contributed by atoms with Crippen LogP contribution in [-0.2, 0) is 4.79 Å². The first kappa shape index (κ1) is 21.4. The molecule has 150 valence electrons. The molecular weight excluding hydrogens is 363 g/mol. The number of hydrogen-bond donors (Lipinski definition) is 1. The number of carbonyl (C=O) groups excluding carboxylic acids is 2. The third-order valence-corrected chi connectivity index (χ3v) is 4.28. The first-order chi connectivity index (χ1) is 13.3. The molecule has 1 amide bonds. The zero-order valence-electron chi connectivity index (χ0n) is 16.5. The van der Waals surface area contributed by atoms with Crippen molar-refractivity contribution in [3.05, 3.63) is 59.4 Å². The third kappa shape index (κ3) is 5.79. The lowest BCUT2D eigenvalue weighted by atomic mass is 10.1. The number of rotatable bonds is 9. The van der Waals surface area contributed by atoms with E-state index in [1.807, 2.05) is 25.1 Å². The molecule has 28 heavy (non-hydrogen) atoms. The summed E-state index contributed by atoms with van der Waals surface area (Å²) in [5, 5.41) is 2.80. The Morgan fingerprint density at radius 3 is 2.50 bits per heavy atom. The second-order valence-corrected chi connectivity index (χ2v) is 6.55. The molecule has 0 aliphatic rings. The standard InChI is InChI=1S/C21H25FN2O4/c1-14(25)15-8-9-19(20(11-15)27-4)28-13-21(26)23-12-18(24(2)3)16-6-5-7-17(22)10-16/h5-11,18H,12-13H2,1-4H3,(H,23,26). The summed E-state index contributed by atoms with van der Waals surface area (Å²) in [6.45, 7) is 1.56. The molecule has 0 spiro atoms. The Kier molecular flexibility index (Phi) is 7.52. The molecule has 6 nitrogen and oxygen atoms in total. The summed E-state index contributed by atoms with van der Waals surface area (Å²) in [6, 6.07) is 10.9. The quantitative estimate of drug-likeness (QED) is 0.669. The highest BCUT2D eigenvalue weighted by atomic mass is 19.1. The molecule has 7 heteroatoms. The molecule has 0 saturated carbocycles. The van der Waals surface area contributed by atoms with Gasteiger partial charge in [-0.2, -0.15) is 0 Å². The molecule has 2 aromatic rings. The second-order valence-electron chi connectivity index (χ2n) is 6.55. The molecule has 0 bridgehead atoms. The van der Waals surface area contributed by atoms with Gasteiger partial charge in [-0.1, -0.05) is 12.1 Å². The van der Waals surface area contributed by atoms with Gasteiger partial charge in [-0.3, -0.25) is 9.59 Å². The van der Waals surface area contributed by atoms with Gasteiger partial charge in [0.15, 0.2) is 23.9 Å². The maximum Gasteiger partial charge on any atom is 0.258 e. The zero-order chi connectivity index (χ0) is 20.7. The molecule has 0 aromatic heterocycles. The van der Waals surface area contributed by atoms with Crippen molar-refractivity contribution in [3.63, 3.8) is 0 Å². The Hall–Kier alpha value is -2.93. The van der Waals surface area contributed by atoms with Gasteiger partial charge in [0, 0.05) is 12.1 Å². The maximum atomic E-state index is 13.5. The molecular formula is C21H25FN2O4. The van der Waals surface area contributed by atoms with Crippen LogP contribution in [0, 0.1) is 5.82 Å². The summed E-state index contributed by atoms with van der Waals surface area (Å²) in [4.78, 5) is 25.5. The normalized spacial score (nSPS) is 11.8. The van der Waals surface area contributed by atoms with Crippen molar-refractivity contribution >= 4 is 11.7 Å². The fourth-order valence-electron chi connectivity index (χ4n) is 2.72. The molecule has 0 radical (unpaired) electrons. The Bertz CT molecular complexity index is 839. The summed E-state index contributed by atoms with van der Waals surface area (Å²) < 4.78 is 24.2. The highest BCUT2D eigenvalue weighted by Gasteiger charge is 2.16. The number of ether oxygens (including phenoxy) is 2. The Morgan fingerprint density at radius 1 is 1.14 bits per heavy atom. The van der Waals surface area contributed by atoms with Crippen LogP contribution in [0.3, 0.4) is 0 Å². The fraction of sp³-hybridized carbons (Fsp3) is 0.333. The Morgan fingerprint density at radius 2 is 1.89 bits per heavy atom. The van der Waals surface area contributed by atoms with Crippen LogP contribution in [-0.4, -0.2) is 50.9 Å². The SMILES string of the molecule is COc1cc(C(C)=O)ccc1OCC(=O)NCC(c1cccc(F)c1)N(C)C. The van der Waals surface area contributed by atoms with Crippen LogP contribution in [0.15, 0.2) is 42.5 Å². The van der Waals surface area contributed by atoms with Gasteiger partial charge in [0.2, 0.25) is 0 Å². The fourth-order valence-corrected chi connectivity index (χ4v) is 2.72. The minimum Gasteiger partial charge on any atom is -0.493 e. The summed E-state index contributed by atoms with van der Waals surface area (Å²) in [7, 11) is 5.19. The highest BCUT2D eigenvalue weighted by molar-refractivity contribution is 5.94. The van der Waals surface area contributed by atoms with Gasteiger partial charge in [0.05, 0.1) is 13.2 Å². The van der Waals surface area contributed by atoms with E-state index in [2.05, 4.69) is 5.32 Å². The topological polar surface area (TPSA) is 67.9 Å². The number of nitrogens with one attached hydrogen (secondary N) is 1. The molecule has 1 atom stereocenters. The van der Waals surface area contributed by atoms with Crippen molar-refractivity contribution in [2.75, 3.05) is 34.4 Å². The molecule has 1 unspecified atom stereocenters. The Balaban J connectivity index is 1.95. The van der Waals surface area contributed by atoms with Crippen LogP contribution in [0.2, 0.25) is 0 Å². The molecule has 1 N–H and O–H groups in total. The van der Waals surface area contributed by atoms with Crippen molar-refractivity contribution in [1.29, 1.82) is 0 Å². The van der Waals surface area contributed by atoms with E-state index in [0.29, 0.717) is 23.6 Å². The van der Waals surface area contributed by atoms with Gasteiger partial charge in [0.25, 0.3) is 5.91 Å². The van der Waals surface area contributed by atoms with Gasteiger partial charge in [-0.25, -0.2) is 4.39 Å². The number of Topliss-reactive ketones (excluding diaryl/α,β-unsaturated/α-hetero) is 1. The summed E-state index contributed by atoms with van der Waals surface area (Å²) in [5.74, 6) is 0.0269. The number of ketones is 1. The van der Waals surface area contributed by atoms with E-state index >= 15 is 0 Å². The van der Waals surface area contributed by atoms with Crippen LogP contribution in [0.5, 0.6) is 11.5 Å². The van der Waals surface area contributed by atoms with E-state index < -0.39 is 0 Å². The average molecular weight is 388 g/mol. The first-order valence-corrected chi connectivity index (χ1v) is 8.82. The number of amides is 1. The van der Waals surface area contributed by atoms with E-state index in [1.54, 1.807) is 24.3 Å². The number of nitrogens with zero attached hydrogens (tertiary/aromatic N) is 1. The highest BCUT2D eigenvalue weighted by Crippen LogP contribution is 2.28. The monoisotopic (exact) mass is 388 g/mol. The van der Waals surface area contributed by atoms with E-state index in [9.17, 15) is 14.0 Å². The third-order valence-electron chi connectivity index (χ3n) is 4.28. The molecule has 2 aromatic carbocycles. The van der Waals surface area contributed by atoms with E-state index in [0.717, 1.165) is 5.56 Å². The summed E-state index contributed by atoms with van der Waals surface area (Å²) in [5.41, 5.74) is 1.27. The van der Waals surface area contributed by atoms with Crippen molar-refractivity contribution in [2.45, 2.75) is 13.0 Å². The molecule has 0 saturated heterocycles. The Labute approximate surface area is 164 Å². The van der Waals surface area contributed by atoms with E-state index in [-0.39, 0.29) is 30.2 Å². The number of halogens is 1. The lowest BCUT2D eigenvalue weighted by molar-refractivity contribution is -0.123. The number of likely N-dealkylation sites (N-methyl/N-ethyl adjacent to an activating group) is 1. The molecule has 0 aliphatic heterocycles. The van der Waals surface area contributed by atoms with Crippen molar-refractivity contribution in [2.24, 2.45) is 0 Å². The number of methoxy groups -OCH3 is 1. The van der Waals surface area contributed by atoms with Crippen LogP contribution >= 0.6 is 0 Å². The minimum absolute atomic E-state index is 0.0883. The average Bonchev–Trinajstić information content (AvgIpc) is 2.66. The zero-order valence-corrected chi connectivity index (χ0v) is 16.5. The largest absolute Gasteiger partial charge is 0.493 e. The van der Waals surface area contributed by atoms with Crippen molar-refractivity contribution in [1.82, 2.24) is 10.2 Å². The van der Waals surface area contributed by atoms with Crippen LogP contribution in [0.25, 0.3) is 0 Å². The first-order valence-electron chi connectivity index (χ1n) is 8.82. The van der Waals surface area contributed by atoms with Gasteiger partial charge in [-0.15, -0.1) is 0 Å². The van der Waals surface area contributed by atoms with E-state index in [4.69, 9.17) is 9.47 Å². The predicted octanol–water partition coefficient (Wildman–Crippen LogP) is 2.83. The van der Waals surface area contributed by atoms with E-state index in [1.165, 1.54) is 26.2 Å². The summed E-state index contributed by atoms with van der Waals surface area (Å²) in [6.07, 6.45) is 0. The lowest BCUT2D eigenvalue weighted by Crippen LogP contribution is -2.37. The number of benzene rings is 2. The summed E-state index contributed by atoms with van der Waals surface area (Å²) >= 11 is 0. The second kappa shape index (κ2) is 9.85. The molecule has 2 rings (SSSR count). The van der Waals surface area contributed by atoms with Gasteiger partial charge in [-0.05, 0) is 56.9 Å². The number of hydrogen-bond acceptors (Lipinski definition) is 5. The minimum atomic E-state index is -0.319. The number of carbonyl (C=O) groups is 2. The van der Waals surface area contributed by atoms with Gasteiger partial charge in [0.1, 0.15) is 5.82 Å². The maximum absolute atomic E-state index is 13.5. The van der Waals surface area contributed by atoms with Crippen LogP contribution in [0.1, 0.15) is 28.9 Å². The van der Waals surface area contributed by atoms with Crippen molar-refractivity contribution < 1.29 is 23.5 Å². The molecule has 0 fully saturated rings. The van der Waals surface area contributed by atoms with Gasteiger partial charge >= 0.3 is 0 Å². The smallest absolute Gasteiger partial charge is 0.258 e. The van der Waals surface area contributed by atoms with Crippen molar-refractivity contribution in [3.8, 4) is 11.5 Å². The predicted molar refractivity (Wildman–Crippen MR) is 104 cm³/mol. The lowest BCUT2D eigenvalue weighted by Gasteiger charge is -2.25. The van der Waals surface area contributed by atoms with Crippen LogP contribution in [0.4, 0.5) is 4.39 Å². The van der Waals surface area contributed by atoms with Gasteiger partial charge < -0.3 is 19.7 Å². The molecule has 0 aliphatic carbocycles. The van der Waals surface area contributed by atoms with Crippen LogP contribution < -0.4 is 14.8 Å². The molecule has 0 heterocycles.